The third-order valence-corrected chi connectivity index (χ3v) is 12.7. The van der Waals surface area contributed by atoms with Crippen LogP contribution >= 0.6 is 7.82 Å². The molecular formula is C48H91NO11P+. The number of likely N-dealkylation sites (N-methyl/N-ethyl adjacent to an activating group) is 1. The van der Waals surface area contributed by atoms with Gasteiger partial charge in [-0.3, -0.25) is 23.4 Å². The van der Waals surface area contributed by atoms with Gasteiger partial charge in [0.15, 0.2) is 6.10 Å². The molecule has 12 nitrogen and oxygen atoms in total. The van der Waals surface area contributed by atoms with E-state index < -0.39 is 44.7 Å². The summed E-state index contributed by atoms with van der Waals surface area (Å²) in [7, 11) is 1.36. The number of carbonyl (C=O) groups is 3. The summed E-state index contributed by atoms with van der Waals surface area (Å²) in [5.41, 5.74) is 0. The van der Waals surface area contributed by atoms with Gasteiger partial charge in [0.2, 0.25) is 0 Å². The Morgan fingerprint density at radius 1 is 0.721 bits per heavy atom. The SMILES string of the molecule is CCCCCCCCCCCCCCCCCCCC(=O)O[C@H](COC(=O)CCCCCC[C@H]1[C@@H](O)CC(=O)[C@@H]1/C=C/[C@@H](O)CCCCC)COP(=O)(O)OCC[N+](C)(C)C. The predicted molar refractivity (Wildman–Crippen MR) is 244 cm³/mol. The summed E-state index contributed by atoms with van der Waals surface area (Å²) in [5, 5.41) is 20.8. The van der Waals surface area contributed by atoms with E-state index in [4.69, 9.17) is 18.5 Å². The summed E-state index contributed by atoms with van der Waals surface area (Å²) in [6.07, 6.45) is 30.1. The summed E-state index contributed by atoms with van der Waals surface area (Å²) in [6, 6.07) is 0. The zero-order valence-corrected chi connectivity index (χ0v) is 40.3. The second kappa shape index (κ2) is 35.7. The first-order valence-electron chi connectivity index (χ1n) is 24.5. The molecule has 1 rings (SSSR count). The Bertz CT molecular complexity index is 1210. The molecule has 1 unspecified atom stereocenters. The van der Waals surface area contributed by atoms with Crippen LogP contribution in [0.25, 0.3) is 0 Å². The van der Waals surface area contributed by atoms with E-state index in [1.165, 1.54) is 83.5 Å². The molecule has 0 heterocycles. The zero-order valence-electron chi connectivity index (χ0n) is 39.4. The molecule has 0 bridgehead atoms. The third kappa shape index (κ3) is 32.6. The Kier molecular flexibility index (Phi) is 33.5. The highest BCUT2D eigenvalue weighted by Gasteiger charge is 2.39. The average molecular weight is 889 g/mol. The second-order valence-corrected chi connectivity index (χ2v) is 20.1. The normalized spacial score (nSPS) is 19.0. The number of unbranched alkanes of at least 4 members (excludes halogenated alkanes) is 21. The number of ether oxygens (including phenoxy) is 2. The number of nitrogens with zero attached hydrogens (tertiary/aromatic N) is 1. The highest BCUT2D eigenvalue weighted by molar-refractivity contribution is 7.47. The smallest absolute Gasteiger partial charge is 0.462 e. The number of ketones is 1. The van der Waals surface area contributed by atoms with Gasteiger partial charge in [-0.25, -0.2) is 4.57 Å². The summed E-state index contributed by atoms with van der Waals surface area (Å²) >= 11 is 0. The van der Waals surface area contributed by atoms with Crippen molar-refractivity contribution in [3.05, 3.63) is 12.2 Å². The van der Waals surface area contributed by atoms with E-state index in [0.717, 1.165) is 57.8 Å². The van der Waals surface area contributed by atoms with E-state index in [9.17, 15) is 34.1 Å². The van der Waals surface area contributed by atoms with E-state index in [2.05, 4.69) is 13.8 Å². The Morgan fingerprint density at radius 3 is 1.75 bits per heavy atom. The number of hydrogen-bond donors (Lipinski definition) is 3. The second-order valence-electron chi connectivity index (χ2n) is 18.6. The number of phosphoric acid groups is 1. The fourth-order valence-electron chi connectivity index (χ4n) is 7.80. The van der Waals surface area contributed by atoms with Gasteiger partial charge in [-0.1, -0.05) is 167 Å². The lowest BCUT2D eigenvalue weighted by Crippen LogP contribution is -2.37. The third-order valence-electron chi connectivity index (χ3n) is 11.7. The number of allylic oxidation sites excluding steroid dienone is 1. The average Bonchev–Trinajstić information content (AvgIpc) is 3.47. The molecule has 1 aliphatic rings. The zero-order chi connectivity index (χ0) is 45.2. The van der Waals surface area contributed by atoms with E-state index in [1.807, 2.05) is 21.1 Å². The number of esters is 2. The highest BCUT2D eigenvalue weighted by Crippen LogP contribution is 2.43. The number of rotatable bonds is 41. The largest absolute Gasteiger partial charge is 0.472 e. The molecule has 0 aliphatic heterocycles. The van der Waals surface area contributed by atoms with Crippen molar-refractivity contribution in [1.29, 1.82) is 0 Å². The molecule has 6 atom stereocenters. The van der Waals surface area contributed by atoms with Gasteiger partial charge in [-0.2, -0.15) is 0 Å². The van der Waals surface area contributed by atoms with Crippen molar-refractivity contribution >= 4 is 25.5 Å². The molecule has 0 aromatic rings. The molecule has 0 radical (unpaired) electrons. The molecule has 0 aromatic carbocycles. The van der Waals surface area contributed by atoms with Gasteiger partial charge in [0.25, 0.3) is 0 Å². The number of quaternary nitrogens is 1. The van der Waals surface area contributed by atoms with Gasteiger partial charge in [0.1, 0.15) is 25.5 Å². The van der Waals surface area contributed by atoms with Crippen LogP contribution in [-0.2, 0) is 37.5 Å². The number of aliphatic hydroxyl groups is 2. The van der Waals surface area contributed by atoms with Crippen LogP contribution in [0.3, 0.4) is 0 Å². The quantitative estimate of drug-likeness (QED) is 0.0176. The van der Waals surface area contributed by atoms with E-state index in [1.54, 1.807) is 12.2 Å². The Morgan fingerprint density at radius 2 is 1.21 bits per heavy atom. The van der Waals surface area contributed by atoms with Gasteiger partial charge in [0, 0.05) is 25.2 Å². The minimum Gasteiger partial charge on any atom is -0.462 e. The summed E-state index contributed by atoms with van der Waals surface area (Å²) in [4.78, 5) is 48.2. The van der Waals surface area contributed by atoms with Gasteiger partial charge in [-0.15, -0.1) is 0 Å². The molecule has 0 saturated heterocycles. The van der Waals surface area contributed by atoms with Crippen LogP contribution in [-0.4, -0.2) is 103 Å². The fourth-order valence-corrected chi connectivity index (χ4v) is 8.54. The van der Waals surface area contributed by atoms with Gasteiger partial charge in [0.05, 0.1) is 40.0 Å². The van der Waals surface area contributed by atoms with Gasteiger partial charge >= 0.3 is 19.8 Å². The molecule has 61 heavy (non-hydrogen) atoms. The molecule has 358 valence electrons. The number of Topliss-reactive ketones (excluding diaryl/α,β-unsaturated/α-hetero) is 1. The molecule has 3 N–H and O–H groups in total. The van der Waals surface area contributed by atoms with Crippen molar-refractivity contribution in [3.63, 3.8) is 0 Å². The molecule has 0 spiro atoms. The Balaban J connectivity index is 2.41. The summed E-state index contributed by atoms with van der Waals surface area (Å²) in [6.45, 7) is 4.08. The maximum Gasteiger partial charge on any atom is 0.472 e. The molecule has 13 heteroatoms. The number of phosphoric ester groups is 1. The van der Waals surface area contributed by atoms with Crippen LogP contribution in [0.1, 0.15) is 200 Å². The van der Waals surface area contributed by atoms with Crippen LogP contribution < -0.4 is 0 Å². The first-order valence-corrected chi connectivity index (χ1v) is 26.0. The molecule has 1 saturated carbocycles. The van der Waals surface area contributed by atoms with Crippen LogP contribution in [0, 0.1) is 11.8 Å². The van der Waals surface area contributed by atoms with Crippen LogP contribution in [0.4, 0.5) is 0 Å². The maximum absolute atomic E-state index is 12.8. The maximum atomic E-state index is 12.8. The van der Waals surface area contributed by atoms with Crippen LogP contribution in [0.15, 0.2) is 12.2 Å². The van der Waals surface area contributed by atoms with Crippen molar-refractivity contribution in [3.8, 4) is 0 Å². The summed E-state index contributed by atoms with van der Waals surface area (Å²) < 4.78 is 34.4. The monoisotopic (exact) mass is 889 g/mol. The topological polar surface area (TPSA) is 166 Å². The van der Waals surface area contributed by atoms with Gasteiger partial charge in [-0.05, 0) is 31.6 Å². The van der Waals surface area contributed by atoms with Crippen molar-refractivity contribution in [1.82, 2.24) is 0 Å². The summed E-state index contributed by atoms with van der Waals surface area (Å²) in [5.74, 6) is -1.50. The van der Waals surface area contributed by atoms with E-state index in [0.29, 0.717) is 36.7 Å². The van der Waals surface area contributed by atoms with Gasteiger partial charge < -0.3 is 29.1 Å². The molecule has 0 aromatic heterocycles. The van der Waals surface area contributed by atoms with Crippen molar-refractivity contribution in [2.75, 3.05) is 47.5 Å². The lowest BCUT2D eigenvalue weighted by Gasteiger charge is -2.24. The number of carbonyl (C=O) groups excluding carboxylic acids is 3. The molecule has 1 fully saturated rings. The first kappa shape index (κ1) is 57.4. The molecule has 0 amide bonds. The Hall–Kier alpha value is -1.66. The van der Waals surface area contributed by atoms with Crippen molar-refractivity contribution in [2.45, 2.75) is 218 Å². The lowest BCUT2D eigenvalue weighted by molar-refractivity contribution is -0.870. The minimum absolute atomic E-state index is 0.00363. The highest BCUT2D eigenvalue weighted by atomic mass is 31.2. The molecule has 1 aliphatic carbocycles. The Labute approximate surface area is 371 Å². The van der Waals surface area contributed by atoms with E-state index in [-0.39, 0.29) is 50.1 Å². The predicted octanol–water partition coefficient (Wildman–Crippen LogP) is 10.7. The van der Waals surface area contributed by atoms with E-state index >= 15 is 0 Å². The number of aliphatic hydroxyl groups excluding tert-OH is 2. The lowest BCUT2D eigenvalue weighted by atomic mass is 9.88. The van der Waals surface area contributed by atoms with Crippen LogP contribution in [0.5, 0.6) is 0 Å². The fraction of sp³-hybridized carbons (Fsp3) is 0.896. The van der Waals surface area contributed by atoms with Crippen molar-refractivity contribution < 1.29 is 57.1 Å². The number of hydrogen-bond acceptors (Lipinski definition) is 10. The standard InChI is InChI=1S/C48H90NO11P/c1-6-8-10-11-12-13-14-15-16-17-18-19-20-21-22-23-29-33-48(54)60-42(40-59-61(55,56)58-37-36-49(3,4)5)39-57-47(53)32-28-25-24-27-31-43-44(46(52)38-45(43)51)35-34-41(50)30-26-9-7-2/h34-35,41-45,50-51H,6-33,36-40H2,1-5H3/p+1/b35-34+/t41-,42+,43+,44+,45-/m0/s1. The molecular weight excluding hydrogens is 797 g/mol. The van der Waals surface area contributed by atoms with Crippen LogP contribution in [0.2, 0.25) is 0 Å². The minimum atomic E-state index is -4.43. The van der Waals surface area contributed by atoms with Crippen molar-refractivity contribution in [2.24, 2.45) is 11.8 Å². The first-order chi connectivity index (χ1) is 29.2.